The number of aromatic hydroxyl groups is 1. The quantitative estimate of drug-likeness (QED) is 0.189. The van der Waals surface area contributed by atoms with Crippen LogP contribution in [0.2, 0.25) is 0 Å². The van der Waals surface area contributed by atoms with E-state index in [9.17, 15) is 29.1 Å². The van der Waals surface area contributed by atoms with Gasteiger partial charge in [0.05, 0.1) is 19.0 Å². The lowest BCUT2D eigenvalue weighted by molar-refractivity contribution is -0.147. The maximum absolute atomic E-state index is 12.7. The monoisotopic (exact) mass is 466 g/mol. The molecule has 8 N–H and O–H groups in total. The predicted octanol–water partition coefficient (Wildman–Crippen LogP) is -1.05. The molecule has 0 saturated heterocycles. The zero-order valence-electron chi connectivity index (χ0n) is 18.4. The van der Waals surface area contributed by atoms with Gasteiger partial charge in [-0.2, -0.15) is 0 Å². The third kappa shape index (κ3) is 10.5. The number of carbonyl (C=O) groups is 5. The van der Waals surface area contributed by atoms with Crippen molar-refractivity contribution in [3.8, 4) is 5.75 Å². The first-order chi connectivity index (χ1) is 15.4. The number of nitrogens with two attached hydrogens (primary N) is 1. The average Bonchev–Trinajstić information content (AvgIpc) is 2.71. The molecule has 3 unspecified atom stereocenters. The maximum atomic E-state index is 12.7. The van der Waals surface area contributed by atoms with E-state index < -0.39 is 60.8 Å². The molecular weight excluding hydrogens is 436 g/mol. The molecule has 0 fully saturated rings. The van der Waals surface area contributed by atoms with Crippen molar-refractivity contribution < 1.29 is 39.3 Å². The summed E-state index contributed by atoms with van der Waals surface area (Å²) in [5, 5.41) is 34.3. The van der Waals surface area contributed by atoms with Crippen molar-refractivity contribution in [3.63, 3.8) is 0 Å². The van der Waals surface area contributed by atoms with Crippen LogP contribution in [0, 0.1) is 5.92 Å². The number of hydrogen-bond donors (Lipinski definition) is 7. The minimum Gasteiger partial charge on any atom is -0.508 e. The number of hydrogen-bond acceptors (Lipinski definition) is 7. The fourth-order valence-electron chi connectivity index (χ4n) is 2.88. The molecule has 0 aliphatic rings. The van der Waals surface area contributed by atoms with Crippen molar-refractivity contribution in [2.75, 3.05) is 6.54 Å². The molecule has 0 aliphatic heterocycles. The number of benzene rings is 1. The van der Waals surface area contributed by atoms with Gasteiger partial charge in [0, 0.05) is 6.42 Å². The first-order valence-electron chi connectivity index (χ1n) is 10.2. The number of amides is 3. The normalized spacial score (nSPS) is 13.5. The van der Waals surface area contributed by atoms with Crippen molar-refractivity contribution in [2.24, 2.45) is 11.7 Å². The largest absolute Gasteiger partial charge is 0.508 e. The lowest BCUT2D eigenvalue weighted by atomic mass is 10.0. The first-order valence-corrected chi connectivity index (χ1v) is 10.2. The Kier molecular flexibility index (Phi) is 10.8. The molecule has 0 heterocycles. The second kappa shape index (κ2) is 13.0. The van der Waals surface area contributed by atoms with E-state index >= 15 is 0 Å². The number of carboxylic acid groups (broad SMARTS) is 2. The van der Waals surface area contributed by atoms with Crippen LogP contribution in [-0.4, -0.2) is 69.7 Å². The molecule has 33 heavy (non-hydrogen) atoms. The van der Waals surface area contributed by atoms with E-state index in [1.54, 1.807) is 0 Å². The Morgan fingerprint density at radius 3 is 2.06 bits per heavy atom. The van der Waals surface area contributed by atoms with E-state index in [4.69, 9.17) is 15.9 Å². The molecule has 1 aromatic rings. The van der Waals surface area contributed by atoms with Crippen molar-refractivity contribution in [1.82, 2.24) is 16.0 Å². The van der Waals surface area contributed by atoms with E-state index in [2.05, 4.69) is 16.0 Å². The topological polar surface area (TPSA) is 208 Å². The molecule has 0 aromatic heterocycles. The third-order valence-corrected chi connectivity index (χ3v) is 4.51. The second-order valence-electron chi connectivity index (χ2n) is 7.94. The SMILES string of the molecule is CC(C)CC(N)C(=O)NCC(=O)NC(Cc1ccc(O)cc1)C(=O)NC(CC(=O)O)C(=O)O. The maximum Gasteiger partial charge on any atom is 0.326 e. The highest BCUT2D eigenvalue weighted by Crippen LogP contribution is 2.12. The van der Waals surface area contributed by atoms with Crippen molar-refractivity contribution in [2.45, 2.75) is 51.2 Å². The van der Waals surface area contributed by atoms with Crippen LogP contribution < -0.4 is 21.7 Å². The van der Waals surface area contributed by atoms with Gasteiger partial charge in [-0.3, -0.25) is 19.2 Å². The van der Waals surface area contributed by atoms with E-state index in [1.807, 2.05) is 13.8 Å². The van der Waals surface area contributed by atoms with Gasteiger partial charge in [0.25, 0.3) is 0 Å². The summed E-state index contributed by atoms with van der Waals surface area (Å²) in [7, 11) is 0. The zero-order chi connectivity index (χ0) is 25.1. The zero-order valence-corrected chi connectivity index (χ0v) is 18.4. The lowest BCUT2D eigenvalue weighted by Gasteiger charge is -2.21. The van der Waals surface area contributed by atoms with E-state index in [1.165, 1.54) is 24.3 Å². The number of aliphatic carboxylic acids is 2. The summed E-state index contributed by atoms with van der Waals surface area (Å²) in [5.41, 5.74) is 6.29. The van der Waals surface area contributed by atoms with Crippen molar-refractivity contribution in [1.29, 1.82) is 0 Å². The molecule has 1 rings (SSSR count). The van der Waals surface area contributed by atoms with Gasteiger partial charge in [0.1, 0.15) is 17.8 Å². The minimum atomic E-state index is -1.71. The smallest absolute Gasteiger partial charge is 0.326 e. The predicted molar refractivity (Wildman–Crippen MR) is 116 cm³/mol. The molecule has 1 aromatic carbocycles. The van der Waals surface area contributed by atoms with Crippen LogP contribution >= 0.6 is 0 Å². The number of phenolic OH excluding ortho intramolecular Hbond substituents is 1. The Labute approximate surface area is 190 Å². The van der Waals surface area contributed by atoms with Gasteiger partial charge in [0.2, 0.25) is 17.7 Å². The fraction of sp³-hybridized carbons (Fsp3) is 0.476. The molecular formula is C21H30N4O8. The van der Waals surface area contributed by atoms with Crippen LogP contribution in [0.25, 0.3) is 0 Å². The Morgan fingerprint density at radius 2 is 1.55 bits per heavy atom. The van der Waals surface area contributed by atoms with Gasteiger partial charge in [-0.05, 0) is 30.0 Å². The average molecular weight is 466 g/mol. The Balaban J connectivity index is 2.88. The summed E-state index contributed by atoms with van der Waals surface area (Å²) in [6, 6.07) is 1.95. The number of nitrogens with one attached hydrogen (secondary N) is 3. The molecule has 3 amide bonds. The second-order valence-corrected chi connectivity index (χ2v) is 7.94. The third-order valence-electron chi connectivity index (χ3n) is 4.51. The van der Waals surface area contributed by atoms with Crippen LogP contribution in [0.5, 0.6) is 5.75 Å². The Hall–Kier alpha value is -3.67. The van der Waals surface area contributed by atoms with Gasteiger partial charge in [0.15, 0.2) is 0 Å². The summed E-state index contributed by atoms with van der Waals surface area (Å²) in [4.78, 5) is 59.2. The standard InChI is InChI=1S/C21H30N4O8/c1-11(2)7-14(22)19(30)23-10-17(27)24-15(8-12-3-5-13(26)6-4-12)20(31)25-16(21(32)33)9-18(28)29/h3-6,11,14-16,26H,7-10,22H2,1-2H3,(H,23,30)(H,24,27)(H,25,31)(H,28,29)(H,32,33). The van der Waals surface area contributed by atoms with Crippen LogP contribution in [-0.2, 0) is 30.4 Å². The van der Waals surface area contributed by atoms with Crippen molar-refractivity contribution >= 4 is 29.7 Å². The lowest BCUT2D eigenvalue weighted by Crippen LogP contribution is -2.54. The molecule has 0 spiro atoms. The number of rotatable bonds is 13. The van der Waals surface area contributed by atoms with Crippen LogP contribution in [0.1, 0.15) is 32.3 Å². The Morgan fingerprint density at radius 1 is 0.939 bits per heavy atom. The molecule has 0 saturated carbocycles. The molecule has 12 heteroatoms. The van der Waals surface area contributed by atoms with Gasteiger partial charge >= 0.3 is 11.9 Å². The van der Waals surface area contributed by atoms with Crippen molar-refractivity contribution in [3.05, 3.63) is 29.8 Å². The highest BCUT2D eigenvalue weighted by Gasteiger charge is 2.28. The summed E-state index contributed by atoms with van der Waals surface area (Å²) in [6.45, 7) is 3.31. The number of carbonyl (C=O) groups excluding carboxylic acids is 3. The van der Waals surface area contributed by atoms with E-state index in [0.29, 0.717) is 12.0 Å². The van der Waals surface area contributed by atoms with Gasteiger partial charge < -0.3 is 37.0 Å². The molecule has 0 radical (unpaired) electrons. The summed E-state index contributed by atoms with van der Waals surface area (Å²) in [6.07, 6.45) is -0.525. The van der Waals surface area contributed by atoms with Crippen LogP contribution in [0.4, 0.5) is 0 Å². The van der Waals surface area contributed by atoms with Gasteiger partial charge in [-0.15, -0.1) is 0 Å². The van der Waals surface area contributed by atoms with Gasteiger partial charge in [-0.25, -0.2) is 4.79 Å². The first kappa shape index (κ1) is 27.4. The highest BCUT2D eigenvalue weighted by molar-refractivity contribution is 5.93. The van der Waals surface area contributed by atoms with E-state index in [-0.39, 0.29) is 18.1 Å². The van der Waals surface area contributed by atoms with Crippen LogP contribution in [0.15, 0.2) is 24.3 Å². The van der Waals surface area contributed by atoms with E-state index in [0.717, 1.165) is 0 Å². The molecule has 182 valence electrons. The fourth-order valence-corrected chi connectivity index (χ4v) is 2.88. The Bertz CT molecular complexity index is 856. The summed E-state index contributed by atoms with van der Waals surface area (Å²) < 4.78 is 0. The summed E-state index contributed by atoms with van der Waals surface area (Å²) >= 11 is 0. The number of phenols is 1. The minimum absolute atomic E-state index is 0.0170. The number of carboxylic acids is 2. The molecule has 12 nitrogen and oxygen atoms in total. The molecule has 0 bridgehead atoms. The van der Waals surface area contributed by atoms with Crippen LogP contribution in [0.3, 0.4) is 0 Å². The van der Waals surface area contributed by atoms with Gasteiger partial charge in [-0.1, -0.05) is 26.0 Å². The highest BCUT2D eigenvalue weighted by atomic mass is 16.4. The summed E-state index contributed by atoms with van der Waals surface area (Å²) in [5.74, 6) is -5.01. The molecule has 0 aliphatic carbocycles. The molecule has 3 atom stereocenters.